The van der Waals surface area contributed by atoms with E-state index < -0.39 is 5.97 Å². The third-order valence-electron chi connectivity index (χ3n) is 4.24. The van der Waals surface area contributed by atoms with Gasteiger partial charge in [-0.15, -0.1) is 0 Å². The molecule has 0 spiro atoms. The van der Waals surface area contributed by atoms with Gasteiger partial charge in [0.1, 0.15) is 0 Å². The molecule has 0 aromatic heterocycles. The third-order valence-corrected chi connectivity index (χ3v) is 4.24. The molecule has 20 heavy (non-hydrogen) atoms. The predicted molar refractivity (Wildman–Crippen MR) is 74.1 cm³/mol. The lowest BCUT2D eigenvalue weighted by molar-refractivity contribution is -0.143. The lowest BCUT2D eigenvalue weighted by Crippen LogP contribution is -2.58. The number of hydrogen-bond donors (Lipinski definition) is 2. The Bertz CT molecular complexity index is 369. The lowest BCUT2D eigenvalue weighted by Gasteiger charge is -2.39. The zero-order valence-corrected chi connectivity index (χ0v) is 12.2. The van der Waals surface area contributed by atoms with E-state index in [9.17, 15) is 9.59 Å². The maximum atomic E-state index is 12.2. The fourth-order valence-corrected chi connectivity index (χ4v) is 2.82. The predicted octanol–water partition coefficient (Wildman–Crippen LogP) is 0.0435. The number of hydrazine groups is 1. The molecule has 2 heterocycles. The highest BCUT2D eigenvalue weighted by Crippen LogP contribution is 2.23. The average Bonchev–Trinajstić information content (AvgIpc) is 2.41. The molecule has 2 rings (SSSR count). The van der Waals surface area contributed by atoms with Gasteiger partial charge in [0.2, 0.25) is 0 Å². The minimum atomic E-state index is -0.754. The molecule has 7 nitrogen and oxygen atoms in total. The molecule has 2 unspecified atom stereocenters. The van der Waals surface area contributed by atoms with E-state index in [0.717, 1.165) is 26.2 Å². The smallest absolute Gasteiger partial charge is 0.332 e. The zero-order valence-electron chi connectivity index (χ0n) is 12.2. The molecule has 0 saturated carbocycles. The summed E-state index contributed by atoms with van der Waals surface area (Å²) in [5.41, 5.74) is 2.93. The second-order valence-electron chi connectivity index (χ2n) is 5.81. The van der Waals surface area contributed by atoms with Crippen molar-refractivity contribution in [3.05, 3.63) is 0 Å². The van der Waals surface area contributed by atoms with Crippen LogP contribution < -0.4 is 5.43 Å². The lowest BCUT2D eigenvalue weighted by atomic mass is 9.92. The summed E-state index contributed by atoms with van der Waals surface area (Å²) in [6.45, 7) is 5.95. The number of carbonyl (C=O) groups excluding carboxylic acids is 1. The molecule has 2 N–H and O–H groups in total. The van der Waals surface area contributed by atoms with Crippen molar-refractivity contribution < 1.29 is 14.7 Å². The standard InChI is InChI=1S/C13H24N4O3/c1-10-9-11(12(18)19)3-4-17(10)13(20)14-16-7-5-15(2)6-8-16/h10-11H,3-9H2,1-2H3,(H,14,20)(H,18,19). The maximum absolute atomic E-state index is 12.2. The molecule has 2 amide bonds. The molecule has 2 saturated heterocycles. The first-order valence-electron chi connectivity index (χ1n) is 7.21. The average molecular weight is 284 g/mol. The maximum Gasteiger partial charge on any atom is 0.332 e. The van der Waals surface area contributed by atoms with Crippen LogP contribution in [0.4, 0.5) is 4.79 Å². The number of hydrogen-bond acceptors (Lipinski definition) is 4. The number of nitrogens with zero attached hydrogens (tertiary/aromatic N) is 3. The van der Waals surface area contributed by atoms with Crippen molar-refractivity contribution in [3.8, 4) is 0 Å². The van der Waals surface area contributed by atoms with Gasteiger partial charge in [0, 0.05) is 38.8 Å². The Hall–Kier alpha value is -1.34. The number of likely N-dealkylation sites (tertiary alicyclic amines) is 1. The van der Waals surface area contributed by atoms with Crippen LogP contribution in [0.5, 0.6) is 0 Å². The number of piperidine rings is 1. The van der Waals surface area contributed by atoms with Crippen molar-refractivity contribution in [2.45, 2.75) is 25.8 Å². The highest BCUT2D eigenvalue weighted by Gasteiger charge is 2.32. The SMILES string of the molecule is CC1CC(C(=O)O)CCN1C(=O)NN1CCN(C)CC1. The summed E-state index contributed by atoms with van der Waals surface area (Å²) < 4.78 is 0. The van der Waals surface area contributed by atoms with E-state index >= 15 is 0 Å². The van der Waals surface area contributed by atoms with E-state index in [1.54, 1.807) is 4.90 Å². The van der Waals surface area contributed by atoms with Crippen LogP contribution in [0.15, 0.2) is 0 Å². The van der Waals surface area contributed by atoms with Crippen LogP contribution in [0.1, 0.15) is 19.8 Å². The Labute approximate surface area is 119 Å². The molecular weight excluding hydrogens is 260 g/mol. The molecule has 0 radical (unpaired) electrons. The highest BCUT2D eigenvalue weighted by atomic mass is 16.4. The van der Waals surface area contributed by atoms with Gasteiger partial charge in [0.15, 0.2) is 0 Å². The number of urea groups is 1. The first-order chi connectivity index (χ1) is 9.47. The Kier molecular flexibility index (Phi) is 4.82. The van der Waals surface area contributed by atoms with E-state index in [0.29, 0.717) is 19.4 Å². The van der Waals surface area contributed by atoms with E-state index in [1.807, 2.05) is 11.9 Å². The number of aliphatic carboxylic acids is 1. The van der Waals surface area contributed by atoms with Gasteiger partial charge in [-0.25, -0.2) is 9.80 Å². The van der Waals surface area contributed by atoms with E-state index in [-0.39, 0.29) is 18.0 Å². The zero-order chi connectivity index (χ0) is 14.7. The topological polar surface area (TPSA) is 76.1 Å². The fraction of sp³-hybridized carbons (Fsp3) is 0.846. The van der Waals surface area contributed by atoms with Crippen LogP contribution in [0, 0.1) is 5.92 Å². The van der Waals surface area contributed by atoms with Gasteiger partial charge >= 0.3 is 12.0 Å². The van der Waals surface area contributed by atoms with Crippen molar-refractivity contribution in [1.82, 2.24) is 20.2 Å². The van der Waals surface area contributed by atoms with Crippen molar-refractivity contribution >= 4 is 12.0 Å². The van der Waals surface area contributed by atoms with Gasteiger partial charge in [0.25, 0.3) is 0 Å². The Morgan fingerprint density at radius 2 is 1.80 bits per heavy atom. The molecule has 2 aliphatic rings. The molecule has 0 aliphatic carbocycles. The minimum absolute atomic E-state index is 0.0303. The van der Waals surface area contributed by atoms with Gasteiger partial charge in [-0.1, -0.05) is 0 Å². The van der Waals surface area contributed by atoms with Gasteiger partial charge in [-0.2, -0.15) is 0 Å². The fourth-order valence-electron chi connectivity index (χ4n) is 2.82. The van der Waals surface area contributed by atoms with Crippen molar-refractivity contribution in [3.63, 3.8) is 0 Å². The Morgan fingerprint density at radius 1 is 1.15 bits per heavy atom. The molecule has 2 aliphatic heterocycles. The number of rotatable bonds is 2. The highest BCUT2D eigenvalue weighted by molar-refractivity contribution is 5.75. The summed E-state index contributed by atoms with van der Waals surface area (Å²) in [5, 5.41) is 11.0. The Morgan fingerprint density at radius 3 is 2.35 bits per heavy atom. The molecule has 0 aromatic carbocycles. The quantitative estimate of drug-likeness (QED) is 0.749. The number of amides is 2. The molecule has 2 atom stereocenters. The van der Waals surface area contributed by atoms with Crippen LogP contribution >= 0.6 is 0 Å². The summed E-state index contributed by atoms with van der Waals surface area (Å²) in [6, 6.07) is -0.136. The first-order valence-corrected chi connectivity index (χ1v) is 7.21. The second-order valence-corrected chi connectivity index (χ2v) is 5.81. The minimum Gasteiger partial charge on any atom is -0.481 e. The summed E-state index contributed by atoms with van der Waals surface area (Å²) in [7, 11) is 2.07. The number of carboxylic acids is 1. The van der Waals surface area contributed by atoms with E-state index in [2.05, 4.69) is 17.4 Å². The van der Waals surface area contributed by atoms with E-state index in [1.165, 1.54) is 0 Å². The van der Waals surface area contributed by atoms with Crippen LogP contribution in [-0.2, 0) is 4.79 Å². The second kappa shape index (κ2) is 6.41. The van der Waals surface area contributed by atoms with Crippen molar-refractivity contribution in [2.75, 3.05) is 39.8 Å². The Balaban J connectivity index is 1.82. The molecule has 2 fully saturated rings. The molecular formula is C13H24N4O3. The summed E-state index contributed by atoms with van der Waals surface area (Å²) in [6.07, 6.45) is 1.07. The summed E-state index contributed by atoms with van der Waals surface area (Å²) >= 11 is 0. The number of likely N-dealkylation sites (N-methyl/N-ethyl adjacent to an activating group) is 1. The first kappa shape index (κ1) is 15.1. The summed E-state index contributed by atoms with van der Waals surface area (Å²) in [4.78, 5) is 27.2. The third kappa shape index (κ3) is 3.61. The molecule has 114 valence electrons. The van der Waals surface area contributed by atoms with Gasteiger partial charge in [0.05, 0.1) is 5.92 Å². The molecule has 0 bridgehead atoms. The van der Waals surface area contributed by atoms with Crippen LogP contribution in [0.3, 0.4) is 0 Å². The van der Waals surface area contributed by atoms with Gasteiger partial charge < -0.3 is 14.9 Å². The normalized spacial score (nSPS) is 29.2. The molecule has 7 heteroatoms. The van der Waals surface area contributed by atoms with Crippen LogP contribution in [0.25, 0.3) is 0 Å². The monoisotopic (exact) mass is 284 g/mol. The van der Waals surface area contributed by atoms with Crippen LogP contribution in [-0.4, -0.2) is 77.7 Å². The number of carboxylic acid groups (broad SMARTS) is 1. The van der Waals surface area contributed by atoms with E-state index in [4.69, 9.17) is 5.11 Å². The molecule has 0 aromatic rings. The van der Waals surface area contributed by atoms with Crippen LogP contribution in [0.2, 0.25) is 0 Å². The van der Waals surface area contributed by atoms with Gasteiger partial charge in [-0.05, 0) is 26.8 Å². The number of nitrogens with one attached hydrogen (secondary N) is 1. The van der Waals surface area contributed by atoms with Crippen molar-refractivity contribution in [2.24, 2.45) is 5.92 Å². The summed E-state index contributed by atoms with van der Waals surface area (Å²) in [5.74, 6) is -1.08. The number of carbonyl (C=O) groups is 2. The van der Waals surface area contributed by atoms with Crippen molar-refractivity contribution in [1.29, 1.82) is 0 Å². The number of piperazine rings is 1. The largest absolute Gasteiger partial charge is 0.481 e. The van der Waals surface area contributed by atoms with Gasteiger partial charge in [-0.3, -0.25) is 10.2 Å².